The smallest absolute Gasteiger partial charge is 0.124 e. The predicted molar refractivity (Wildman–Crippen MR) is 67.2 cm³/mol. The quantitative estimate of drug-likeness (QED) is 0.572. The molecule has 2 aliphatic heterocycles. The molecule has 18 heavy (non-hydrogen) atoms. The molecule has 0 radical (unpaired) electrons. The van der Waals surface area contributed by atoms with Gasteiger partial charge in [0.2, 0.25) is 0 Å². The third-order valence-electron chi connectivity index (χ3n) is 6.45. The fourth-order valence-electron chi connectivity index (χ4n) is 4.99. The van der Waals surface area contributed by atoms with Crippen molar-refractivity contribution in [3.05, 3.63) is 11.6 Å². The molecular formula is C15H22O3. The number of aliphatic hydroxyl groups excluding tert-OH is 1. The Morgan fingerprint density at radius 1 is 1.44 bits per heavy atom. The molecule has 2 aliphatic carbocycles. The summed E-state index contributed by atoms with van der Waals surface area (Å²) in [5.74, 6) is 0. The Morgan fingerprint density at radius 2 is 2.22 bits per heavy atom. The Labute approximate surface area is 108 Å². The molecule has 1 saturated carbocycles. The highest BCUT2D eigenvalue weighted by Gasteiger charge is 2.78. The fourth-order valence-corrected chi connectivity index (χ4v) is 4.99. The first-order chi connectivity index (χ1) is 8.58. The average Bonchev–Trinajstić information content (AvgIpc) is 3.11. The third-order valence-corrected chi connectivity index (χ3v) is 6.45. The Balaban J connectivity index is 1.86. The van der Waals surface area contributed by atoms with Crippen LogP contribution in [0.25, 0.3) is 0 Å². The molecule has 1 N–H and O–H groups in total. The molecule has 3 heteroatoms. The highest BCUT2D eigenvalue weighted by Crippen LogP contribution is 2.71. The molecule has 1 spiro atoms. The van der Waals surface area contributed by atoms with Gasteiger partial charge in [-0.1, -0.05) is 18.6 Å². The van der Waals surface area contributed by atoms with Crippen LogP contribution in [0.1, 0.15) is 39.5 Å². The van der Waals surface area contributed by atoms with Crippen LogP contribution >= 0.6 is 0 Å². The summed E-state index contributed by atoms with van der Waals surface area (Å²) in [7, 11) is 0. The van der Waals surface area contributed by atoms with Crippen molar-refractivity contribution < 1.29 is 14.6 Å². The second-order valence-electron chi connectivity index (χ2n) is 6.92. The van der Waals surface area contributed by atoms with Crippen molar-refractivity contribution in [3.8, 4) is 0 Å². The van der Waals surface area contributed by atoms with Crippen LogP contribution in [0.3, 0.4) is 0 Å². The summed E-state index contributed by atoms with van der Waals surface area (Å²) in [6.45, 7) is 5.55. The Morgan fingerprint density at radius 3 is 2.89 bits per heavy atom. The van der Waals surface area contributed by atoms with Crippen molar-refractivity contribution in [2.24, 2.45) is 10.8 Å². The maximum Gasteiger partial charge on any atom is 0.124 e. The van der Waals surface area contributed by atoms with Crippen LogP contribution in [0.4, 0.5) is 0 Å². The van der Waals surface area contributed by atoms with Crippen LogP contribution in [-0.4, -0.2) is 36.1 Å². The lowest BCUT2D eigenvalue weighted by Gasteiger charge is -2.57. The van der Waals surface area contributed by atoms with Gasteiger partial charge in [-0.05, 0) is 32.6 Å². The second kappa shape index (κ2) is 3.20. The summed E-state index contributed by atoms with van der Waals surface area (Å²) in [4.78, 5) is 0. The van der Waals surface area contributed by atoms with Gasteiger partial charge in [-0.2, -0.15) is 0 Å². The first kappa shape index (κ1) is 11.4. The summed E-state index contributed by atoms with van der Waals surface area (Å²) >= 11 is 0. The normalized spacial score (nSPS) is 57.4. The van der Waals surface area contributed by atoms with E-state index in [-0.39, 0.29) is 35.2 Å². The lowest BCUT2D eigenvalue weighted by Crippen LogP contribution is -2.63. The molecule has 5 atom stereocenters. The van der Waals surface area contributed by atoms with Gasteiger partial charge in [-0.25, -0.2) is 0 Å². The van der Waals surface area contributed by atoms with E-state index in [2.05, 4.69) is 19.9 Å². The van der Waals surface area contributed by atoms with Crippen LogP contribution in [0.5, 0.6) is 0 Å². The van der Waals surface area contributed by atoms with Gasteiger partial charge in [-0.15, -0.1) is 0 Å². The molecular weight excluding hydrogens is 228 g/mol. The zero-order valence-corrected chi connectivity index (χ0v) is 11.2. The number of ether oxygens (including phenoxy) is 2. The van der Waals surface area contributed by atoms with Gasteiger partial charge in [0.1, 0.15) is 5.60 Å². The average molecular weight is 250 g/mol. The molecule has 4 rings (SSSR count). The van der Waals surface area contributed by atoms with Gasteiger partial charge in [0.25, 0.3) is 0 Å². The number of epoxide rings is 1. The summed E-state index contributed by atoms with van der Waals surface area (Å²) in [6.07, 6.45) is 6.91. The van der Waals surface area contributed by atoms with Gasteiger partial charge in [-0.3, -0.25) is 0 Å². The van der Waals surface area contributed by atoms with E-state index in [1.54, 1.807) is 0 Å². The molecule has 0 amide bonds. The van der Waals surface area contributed by atoms with Crippen molar-refractivity contribution in [3.63, 3.8) is 0 Å². The largest absolute Gasteiger partial charge is 0.396 e. The van der Waals surface area contributed by atoms with Crippen LogP contribution < -0.4 is 0 Å². The molecule has 2 bridgehead atoms. The molecule has 2 saturated heterocycles. The van der Waals surface area contributed by atoms with Crippen molar-refractivity contribution in [1.29, 1.82) is 0 Å². The van der Waals surface area contributed by atoms with E-state index >= 15 is 0 Å². The van der Waals surface area contributed by atoms with Gasteiger partial charge in [0, 0.05) is 10.8 Å². The summed E-state index contributed by atoms with van der Waals surface area (Å²) in [5.41, 5.74) is 1.28. The number of hydrogen-bond donors (Lipinski definition) is 1. The third kappa shape index (κ3) is 1.01. The number of fused-ring (bicyclic) bond motifs is 2. The number of allylic oxidation sites excluding steroid dienone is 1. The molecule has 0 aromatic heterocycles. The highest BCUT2D eigenvalue weighted by atomic mass is 16.6. The van der Waals surface area contributed by atoms with Crippen molar-refractivity contribution >= 4 is 0 Å². The standard InChI is InChI=1S/C15H22O3/c1-10-3-6-14(8-16)12(7-10)18-11-4-5-13(14,2)15(11)9-17-15/h7,11-12,16H,3-6,8-9H2,1-2H3. The minimum absolute atomic E-state index is 0.0781. The SMILES string of the molecule is CC1=CC2OC3CCC(C)(C2(CO)CC1)C31CO1. The lowest BCUT2D eigenvalue weighted by atomic mass is 9.52. The van der Waals surface area contributed by atoms with Crippen LogP contribution in [-0.2, 0) is 9.47 Å². The first-order valence-electron chi connectivity index (χ1n) is 7.16. The summed E-state index contributed by atoms with van der Waals surface area (Å²) < 4.78 is 12.2. The Hall–Kier alpha value is -0.380. The topological polar surface area (TPSA) is 42.0 Å². The van der Waals surface area contributed by atoms with Gasteiger partial charge in [0.05, 0.1) is 25.4 Å². The van der Waals surface area contributed by atoms with E-state index in [0.29, 0.717) is 0 Å². The van der Waals surface area contributed by atoms with Crippen LogP contribution in [0, 0.1) is 10.8 Å². The first-order valence-corrected chi connectivity index (χ1v) is 7.16. The second-order valence-corrected chi connectivity index (χ2v) is 6.92. The summed E-state index contributed by atoms with van der Waals surface area (Å²) in [6, 6.07) is 0. The maximum absolute atomic E-state index is 10.1. The molecule has 5 unspecified atom stereocenters. The van der Waals surface area contributed by atoms with E-state index in [1.807, 2.05) is 0 Å². The van der Waals surface area contributed by atoms with Gasteiger partial charge >= 0.3 is 0 Å². The van der Waals surface area contributed by atoms with E-state index in [9.17, 15) is 5.11 Å². The molecule has 2 heterocycles. The van der Waals surface area contributed by atoms with Crippen LogP contribution in [0.2, 0.25) is 0 Å². The molecule has 4 aliphatic rings. The fraction of sp³-hybridized carbons (Fsp3) is 0.867. The lowest BCUT2D eigenvalue weighted by molar-refractivity contribution is -0.211. The monoisotopic (exact) mass is 250 g/mol. The predicted octanol–water partition coefficient (Wildman–Crippen LogP) is 2.04. The Bertz CT molecular complexity index is 425. The van der Waals surface area contributed by atoms with E-state index < -0.39 is 0 Å². The van der Waals surface area contributed by atoms with E-state index in [1.165, 1.54) is 5.57 Å². The molecule has 100 valence electrons. The molecule has 3 nitrogen and oxygen atoms in total. The van der Waals surface area contributed by atoms with E-state index in [0.717, 1.165) is 32.3 Å². The highest BCUT2D eigenvalue weighted by molar-refractivity contribution is 5.30. The minimum Gasteiger partial charge on any atom is -0.396 e. The Kier molecular flexibility index (Phi) is 2.03. The summed E-state index contributed by atoms with van der Waals surface area (Å²) in [5, 5.41) is 10.1. The molecule has 0 aromatic carbocycles. The van der Waals surface area contributed by atoms with Gasteiger partial charge < -0.3 is 14.6 Å². The zero-order valence-electron chi connectivity index (χ0n) is 11.2. The van der Waals surface area contributed by atoms with Crippen molar-refractivity contribution in [1.82, 2.24) is 0 Å². The van der Waals surface area contributed by atoms with Crippen molar-refractivity contribution in [2.75, 3.05) is 13.2 Å². The minimum atomic E-state index is -0.129. The van der Waals surface area contributed by atoms with Crippen molar-refractivity contribution in [2.45, 2.75) is 57.3 Å². The number of rotatable bonds is 1. The van der Waals surface area contributed by atoms with E-state index in [4.69, 9.17) is 9.47 Å². The number of hydrogen-bond acceptors (Lipinski definition) is 3. The maximum atomic E-state index is 10.1. The zero-order chi connectivity index (χ0) is 12.6. The molecule has 3 fully saturated rings. The molecule has 0 aromatic rings. The van der Waals surface area contributed by atoms with Crippen LogP contribution in [0.15, 0.2) is 11.6 Å². The van der Waals surface area contributed by atoms with Gasteiger partial charge in [0.15, 0.2) is 0 Å². The number of aliphatic hydroxyl groups is 1.